The van der Waals surface area contributed by atoms with Crippen LogP contribution in [0.2, 0.25) is 5.02 Å². The smallest absolute Gasteiger partial charge is 0.191 e. The number of rotatable bonds is 6. The third-order valence-corrected chi connectivity index (χ3v) is 4.89. The van der Waals surface area contributed by atoms with E-state index in [0.717, 1.165) is 27.8 Å². The van der Waals surface area contributed by atoms with E-state index < -0.39 is 0 Å². The van der Waals surface area contributed by atoms with Crippen LogP contribution in [0.25, 0.3) is 0 Å². The Morgan fingerprint density at radius 1 is 1.00 bits per heavy atom. The van der Waals surface area contributed by atoms with E-state index in [4.69, 9.17) is 23.1 Å². The van der Waals surface area contributed by atoms with Gasteiger partial charge in [-0.1, -0.05) is 35.5 Å². The van der Waals surface area contributed by atoms with Crippen LogP contribution in [0.15, 0.2) is 40.4 Å². The van der Waals surface area contributed by atoms with Crippen molar-refractivity contribution in [3.8, 4) is 0 Å². The maximum atomic E-state index is 6.09. The number of nitrogen functional groups attached to an aromatic ring is 2. The Morgan fingerprint density at radius 2 is 1.65 bits per heavy atom. The minimum Gasteiger partial charge on any atom is -0.383 e. The number of aromatic nitrogens is 2. The average molecular weight is 327 g/mol. The summed E-state index contributed by atoms with van der Waals surface area (Å²) in [6.07, 6.45) is 1.03. The molecule has 0 amide bonds. The fraction of sp³-hybridized carbons (Fsp3) is 0.231. The van der Waals surface area contributed by atoms with Gasteiger partial charge in [0.1, 0.15) is 11.6 Å². The van der Waals surface area contributed by atoms with Gasteiger partial charge in [0.05, 0.1) is 5.02 Å². The molecule has 0 bridgehead atoms. The second kappa shape index (κ2) is 7.61. The average Bonchev–Trinajstić information content (AvgIpc) is 2.39. The van der Waals surface area contributed by atoms with E-state index in [-0.39, 0.29) is 0 Å². The minimum atomic E-state index is 0.408. The molecule has 0 aliphatic carbocycles. The quantitative estimate of drug-likeness (QED) is 0.480. The third-order valence-electron chi connectivity index (χ3n) is 2.36. The Morgan fingerprint density at radius 3 is 2.35 bits per heavy atom. The van der Waals surface area contributed by atoms with Crippen molar-refractivity contribution >= 4 is 46.8 Å². The predicted molar refractivity (Wildman–Crippen MR) is 88.4 cm³/mol. The van der Waals surface area contributed by atoms with Crippen molar-refractivity contribution in [3.05, 3.63) is 35.4 Å². The van der Waals surface area contributed by atoms with Crippen LogP contribution in [0.4, 0.5) is 11.6 Å². The molecule has 2 rings (SSSR count). The topological polar surface area (TPSA) is 77.8 Å². The van der Waals surface area contributed by atoms with E-state index in [1.54, 1.807) is 29.6 Å². The highest BCUT2D eigenvalue weighted by Gasteiger charge is 2.02. The zero-order valence-corrected chi connectivity index (χ0v) is 13.1. The number of hydrogen-bond donors (Lipinski definition) is 2. The molecule has 2 aromatic rings. The summed E-state index contributed by atoms with van der Waals surface area (Å²) < 4.78 is 0. The largest absolute Gasteiger partial charge is 0.383 e. The van der Waals surface area contributed by atoms with Crippen molar-refractivity contribution in [2.24, 2.45) is 0 Å². The van der Waals surface area contributed by atoms with Crippen LogP contribution in [0.5, 0.6) is 0 Å². The van der Waals surface area contributed by atoms with Gasteiger partial charge in [0, 0.05) is 16.7 Å². The number of nitrogens with two attached hydrogens (primary N) is 2. The van der Waals surface area contributed by atoms with Crippen LogP contribution in [0.3, 0.4) is 0 Å². The van der Waals surface area contributed by atoms with E-state index in [1.807, 2.05) is 24.3 Å². The summed E-state index contributed by atoms with van der Waals surface area (Å²) in [5.41, 5.74) is 11.2. The molecular weight excluding hydrogens is 312 g/mol. The molecule has 20 heavy (non-hydrogen) atoms. The fourth-order valence-electron chi connectivity index (χ4n) is 1.49. The maximum absolute atomic E-state index is 6.09. The lowest BCUT2D eigenvalue weighted by Gasteiger charge is -2.04. The summed E-state index contributed by atoms with van der Waals surface area (Å²) in [4.78, 5) is 9.37. The Hall–Kier alpha value is -1.11. The molecule has 106 valence electrons. The monoisotopic (exact) mass is 326 g/mol. The van der Waals surface area contributed by atoms with E-state index in [9.17, 15) is 0 Å². The first-order valence-electron chi connectivity index (χ1n) is 6.05. The van der Waals surface area contributed by atoms with E-state index in [0.29, 0.717) is 16.8 Å². The van der Waals surface area contributed by atoms with Crippen LogP contribution >= 0.6 is 35.1 Å². The SMILES string of the molecule is Nc1cc(N)nc(SCCCSc2ccccc2Cl)n1. The van der Waals surface area contributed by atoms with E-state index in [2.05, 4.69) is 9.97 Å². The lowest BCUT2D eigenvalue weighted by molar-refractivity contribution is 0.979. The van der Waals surface area contributed by atoms with Gasteiger partial charge in [0.2, 0.25) is 0 Å². The van der Waals surface area contributed by atoms with Gasteiger partial charge in [-0.2, -0.15) is 0 Å². The highest BCUT2D eigenvalue weighted by Crippen LogP contribution is 2.27. The second-order valence-corrected chi connectivity index (χ2v) is 6.59. The number of nitrogens with zero attached hydrogens (tertiary/aromatic N) is 2. The normalized spacial score (nSPS) is 10.7. The highest BCUT2D eigenvalue weighted by molar-refractivity contribution is 8.00. The standard InChI is InChI=1S/C13H15ClN4S2/c14-9-4-1-2-5-10(9)19-6-3-7-20-13-17-11(15)8-12(16)18-13/h1-2,4-5,8H,3,6-7H2,(H4,15,16,17,18). The van der Waals surface area contributed by atoms with Gasteiger partial charge in [-0.3, -0.25) is 0 Å². The third kappa shape index (κ3) is 4.77. The van der Waals surface area contributed by atoms with Gasteiger partial charge in [0.25, 0.3) is 0 Å². The van der Waals surface area contributed by atoms with Crippen molar-refractivity contribution in [2.45, 2.75) is 16.5 Å². The van der Waals surface area contributed by atoms with Gasteiger partial charge < -0.3 is 11.5 Å². The minimum absolute atomic E-state index is 0.408. The molecule has 0 radical (unpaired) electrons. The molecule has 0 unspecified atom stereocenters. The first-order chi connectivity index (χ1) is 9.65. The summed E-state index contributed by atoms with van der Waals surface area (Å²) in [7, 11) is 0. The molecule has 4 N–H and O–H groups in total. The number of halogens is 1. The molecule has 7 heteroatoms. The Balaban J connectivity index is 1.73. The van der Waals surface area contributed by atoms with Crippen molar-refractivity contribution in [3.63, 3.8) is 0 Å². The molecule has 0 spiro atoms. The molecule has 0 aliphatic rings. The van der Waals surface area contributed by atoms with Crippen molar-refractivity contribution in [1.29, 1.82) is 0 Å². The zero-order chi connectivity index (χ0) is 14.4. The molecule has 1 heterocycles. The van der Waals surface area contributed by atoms with Crippen LogP contribution in [-0.4, -0.2) is 21.5 Å². The summed E-state index contributed by atoms with van der Waals surface area (Å²) in [5.74, 6) is 2.73. The molecule has 0 saturated heterocycles. The number of benzene rings is 1. The predicted octanol–water partition coefficient (Wildman–Crippen LogP) is 3.57. The molecule has 1 aromatic heterocycles. The number of anilines is 2. The second-order valence-electron chi connectivity index (χ2n) is 3.98. The number of thioether (sulfide) groups is 2. The lowest BCUT2D eigenvalue weighted by atomic mass is 10.4. The van der Waals surface area contributed by atoms with E-state index in [1.165, 1.54) is 0 Å². The van der Waals surface area contributed by atoms with Crippen LogP contribution in [0.1, 0.15) is 6.42 Å². The molecular formula is C13H15ClN4S2. The summed E-state index contributed by atoms with van der Waals surface area (Å²) in [6.45, 7) is 0. The van der Waals surface area contributed by atoms with Crippen molar-refractivity contribution in [1.82, 2.24) is 9.97 Å². The number of hydrogen-bond acceptors (Lipinski definition) is 6. The van der Waals surface area contributed by atoms with Gasteiger partial charge in [-0.15, -0.1) is 11.8 Å². The Kier molecular flexibility index (Phi) is 5.82. The van der Waals surface area contributed by atoms with Gasteiger partial charge in [-0.25, -0.2) is 9.97 Å². The van der Waals surface area contributed by atoms with E-state index >= 15 is 0 Å². The molecule has 4 nitrogen and oxygen atoms in total. The summed E-state index contributed by atoms with van der Waals surface area (Å²) >= 11 is 9.41. The van der Waals surface area contributed by atoms with Crippen LogP contribution < -0.4 is 11.5 Å². The van der Waals surface area contributed by atoms with Gasteiger partial charge in [-0.05, 0) is 24.3 Å². The first kappa shape index (κ1) is 15.3. The molecule has 1 aromatic carbocycles. The van der Waals surface area contributed by atoms with Gasteiger partial charge in [0.15, 0.2) is 5.16 Å². The summed E-state index contributed by atoms with van der Waals surface area (Å²) in [6, 6.07) is 9.41. The lowest BCUT2D eigenvalue weighted by Crippen LogP contribution is -1.99. The maximum Gasteiger partial charge on any atom is 0.191 e. The van der Waals surface area contributed by atoms with Crippen molar-refractivity contribution < 1.29 is 0 Å². The van der Waals surface area contributed by atoms with Crippen LogP contribution in [0, 0.1) is 0 Å². The van der Waals surface area contributed by atoms with Crippen LogP contribution in [-0.2, 0) is 0 Å². The first-order valence-corrected chi connectivity index (χ1v) is 8.40. The van der Waals surface area contributed by atoms with Crippen molar-refractivity contribution in [2.75, 3.05) is 23.0 Å². The molecule has 0 atom stereocenters. The Bertz CT molecular complexity index is 560. The Labute approximate surface area is 131 Å². The van der Waals surface area contributed by atoms with Gasteiger partial charge >= 0.3 is 0 Å². The summed E-state index contributed by atoms with van der Waals surface area (Å²) in [5, 5.41) is 1.43. The molecule has 0 aliphatic heterocycles. The zero-order valence-electron chi connectivity index (χ0n) is 10.8. The molecule has 0 fully saturated rings. The fourth-order valence-corrected chi connectivity index (χ4v) is 3.68. The highest BCUT2D eigenvalue weighted by atomic mass is 35.5. The molecule has 0 saturated carbocycles.